The zero-order chi connectivity index (χ0) is 28.0. The summed E-state index contributed by atoms with van der Waals surface area (Å²) in [7, 11) is 0. The second-order valence-corrected chi connectivity index (χ2v) is 11.4. The molecule has 4 rings (SSSR count). The van der Waals surface area contributed by atoms with Crippen LogP contribution in [0.5, 0.6) is 23.0 Å². The third-order valence-electron chi connectivity index (χ3n) is 6.40. The maximum Gasteiger partial charge on any atom is 0.152 e. The predicted octanol–water partition coefficient (Wildman–Crippen LogP) is 10.0. The van der Waals surface area contributed by atoms with Crippen LogP contribution in [0.2, 0.25) is 30.1 Å². The molecule has 4 aromatic carbocycles. The van der Waals surface area contributed by atoms with Crippen molar-refractivity contribution in [3.8, 4) is 23.0 Å². The Morgan fingerprint density at radius 3 is 0.842 bits per heavy atom. The minimum atomic E-state index is -0.638. The van der Waals surface area contributed by atoms with Crippen LogP contribution in [0.25, 0.3) is 0 Å². The number of phenols is 4. The molecule has 0 radical (unpaired) electrons. The Labute approximate surface area is 249 Å². The number of hydrogen-bond donors (Lipinski definition) is 4. The standard InChI is InChI=1S/C28H20Cl6O4/c1-11-3-13(5-17(29)25(11)35)23(14-4-12(2)26(36)18(30)6-14)24(15-7-19(31)27(37)20(32)8-15)16-9-21(33)28(38)22(34)10-16/h3-10,23-24,35-38H,1-2H3. The van der Waals surface area contributed by atoms with Crippen molar-refractivity contribution in [2.45, 2.75) is 25.7 Å². The van der Waals surface area contributed by atoms with E-state index < -0.39 is 11.8 Å². The summed E-state index contributed by atoms with van der Waals surface area (Å²) in [5, 5.41) is 41.6. The highest BCUT2D eigenvalue weighted by atomic mass is 35.5. The first-order valence-corrected chi connectivity index (χ1v) is 13.4. The highest BCUT2D eigenvalue weighted by molar-refractivity contribution is 6.38. The lowest BCUT2D eigenvalue weighted by Crippen LogP contribution is -2.16. The molecule has 0 fully saturated rings. The second-order valence-electron chi connectivity index (χ2n) is 8.96. The van der Waals surface area contributed by atoms with Gasteiger partial charge in [-0.2, -0.15) is 0 Å². The molecule has 198 valence electrons. The van der Waals surface area contributed by atoms with Crippen LogP contribution in [-0.4, -0.2) is 20.4 Å². The molecule has 0 atom stereocenters. The first-order chi connectivity index (χ1) is 17.8. The van der Waals surface area contributed by atoms with Crippen molar-refractivity contribution in [2.75, 3.05) is 0 Å². The summed E-state index contributed by atoms with van der Waals surface area (Å²) in [5.41, 5.74) is 3.56. The van der Waals surface area contributed by atoms with Crippen molar-refractivity contribution in [2.24, 2.45) is 0 Å². The van der Waals surface area contributed by atoms with Crippen molar-refractivity contribution in [1.29, 1.82) is 0 Å². The van der Waals surface area contributed by atoms with Gasteiger partial charge in [0.05, 0.1) is 30.1 Å². The summed E-state index contributed by atoms with van der Waals surface area (Å²) in [6, 6.07) is 13.1. The highest BCUT2D eigenvalue weighted by Crippen LogP contribution is 2.50. The molecular formula is C28H20Cl6O4. The zero-order valence-electron chi connectivity index (χ0n) is 19.8. The Balaban J connectivity index is 2.14. The third-order valence-corrected chi connectivity index (χ3v) is 8.13. The average molecular weight is 633 g/mol. The Kier molecular flexibility index (Phi) is 8.44. The van der Waals surface area contributed by atoms with E-state index in [4.69, 9.17) is 69.6 Å². The van der Waals surface area contributed by atoms with E-state index in [9.17, 15) is 20.4 Å². The maximum absolute atomic E-state index is 10.4. The van der Waals surface area contributed by atoms with E-state index in [2.05, 4.69) is 0 Å². The van der Waals surface area contributed by atoms with Gasteiger partial charge >= 0.3 is 0 Å². The number of aromatic hydroxyl groups is 4. The Morgan fingerprint density at radius 1 is 0.395 bits per heavy atom. The van der Waals surface area contributed by atoms with Gasteiger partial charge in [0.15, 0.2) is 11.5 Å². The van der Waals surface area contributed by atoms with Crippen LogP contribution in [0.15, 0.2) is 48.5 Å². The molecule has 4 nitrogen and oxygen atoms in total. The van der Waals surface area contributed by atoms with Crippen LogP contribution in [0.4, 0.5) is 0 Å². The Bertz CT molecular complexity index is 1250. The molecule has 0 saturated heterocycles. The summed E-state index contributed by atoms with van der Waals surface area (Å²) < 4.78 is 0. The van der Waals surface area contributed by atoms with Gasteiger partial charge in [0.1, 0.15) is 11.5 Å². The monoisotopic (exact) mass is 630 g/mol. The van der Waals surface area contributed by atoms with E-state index in [1.54, 1.807) is 62.4 Å². The summed E-state index contributed by atoms with van der Waals surface area (Å²) in [6.07, 6.45) is 0. The van der Waals surface area contributed by atoms with Gasteiger partial charge in [0, 0.05) is 11.8 Å². The maximum atomic E-state index is 10.4. The lowest BCUT2D eigenvalue weighted by atomic mass is 9.73. The fourth-order valence-corrected chi connectivity index (χ4v) is 6.13. The quantitative estimate of drug-likeness (QED) is 0.176. The van der Waals surface area contributed by atoms with Crippen molar-refractivity contribution in [3.63, 3.8) is 0 Å². The summed E-state index contributed by atoms with van der Waals surface area (Å²) >= 11 is 38.2. The van der Waals surface area contributed by atoms with E-state index in [0.717, 1.165) is 0 Å². The molecule has 0 aromatic heterocycles. The molecule has 4 N–H and O–H groups in total. The van der Waals surface area contributed by atoms with Crippen LogP contribution < -0.4 is 0 Å². The van der Waals surface area contributed by atoms with E-state index in [1.165, 1.54) is 0 Å². The number of rotatable bonds is 5. The van der Waals surface area contributed by atoms with Crippen LogP contribution in [0, 0.1) is 13.8 Å². The number of aryl methyl sites for hydroxylation is 2. The van der Waals surface area contributed by atoms with E-state index in [-0.39, 0.29) is 53.1 Å². The van der Waals surface area contributed by atoms with Gasteiger partial charge in [-0.05, 0) is 83.6 Å². The first kappa shape index (κ1) is 28.8. The van der Waals surface area contributed by atoms with Crippen LogP contribution in [0.3, 0.4) is 0 Å². The Hall–Kier alpha value is -2.18. The lowest BCUT2D eigenvalue weighted by molar-refractivity contribution is 0.470. The topological polar surface area (TPSA) is 80.9 Å². The molecule has 0 spiro atoms. The third kappa shape index (κ3) is 5.44. The highest BCUT2D eigenvalue weighted by Gasteiger charge is 2.32. The molecule has 38 heavy (non-hydrogen) atoms. The fourth-order valence-electron chi connectivity index (χ4n) is 4.57. The van der Waals surface area contributed by atoms with Crippen molar-refractivity contribution in [1.82, 2.24) is 0 Å². The van der Waals surface area contributed by atoms with Gasteiger partial charge in [-0.3, -0.25) is 0 Å². The first-order valence-electron chi connectivity index (χ1n) is 11.1. The van der Waals surface area contributed by atoms with Crippen molar-refractivity contribution >= 4 is 69.6 Å². The molecule has 0 heterocycles. The van der Waals surface area contributed by atoms with Gasteiger partial charge in [0.2, 0.25) is 0 Å². The van der Waals surface area contributed by atoms with Gasteiger partial charge in [-0.15, -0.1) is 0 Å². The minimum Gasteiger partial charge on any atom is -0.506 e. The molecule has 10 heteroatoms. The number of phenolic OH excluding ortho intramolecular Hbond substituents is 4. The van der Waals surface area contributed by atoms with Crippen molar-refractivity contribution in [3.05, 3.63) is 112 Å². The van der Waals surface area contributed by atoms with Gasteiger partial charge < -0.3 is 20.4 Å². The molecule has 0 aliphatic rings. The fraction of sp³-hybridized carbons (Fsp3) is 0.143. The minimum absolute atomic E-state index is 0.0204. The van der Waals surface area contributed by atoms with Gasteiger partial charge in [-0.1, -0.05) is 81.7 Å². The van der Waals surface area contributed by atoms with E-state index >= 15 is 0 Å². The van der Waals surface area contributed by atoms with E-state index in [1.807, 2.05) is 0 Å². The molecule has 0 amide bonds. The molecule has 0 saturated carbocycles. The largest absolute Gasteiger partial charge is 0.506 e. The number of hydrogen-bond acceptors (Lipinski definition) is 4. The molecule has 0 aliphatic carbocycles. The molecule has 0 unspecified atom stereocenters. The average Bonchev–Trinajstić information content (AvgIpc) is 2.85. The molecule has 0 bridgehead atoms. The Morgan fingerprint density at radius 2 is 0.605 bits per heavy atom. The van der Waals surface area contributed by atoms with Crippen molar-refractivity contribution < 1.29 is 20.4 Å². The summed E-state index contributed by atoms with van der Waals surface area (Å²) in [6.45, 7) is 3.43. The smallest absolute Gasteiger partial charge is 0.152 e. The van der Waals surface area contributed by atoms with Crippen LogP contribution in [-0.2, 0) is 0 Å². The van der Waals surface area contributed by atoms with Crippen LogP contribution >= 0.6 is 69.6 Å². The van der Waals surface area contributed by atoms with E-state index in [0.29, 0.717) is 33.4 Å². The summed E-state index contributed by atoms with van der Waals surface area (Å²) in [4.78, 5) is 0. The second kappa shape index (κ2) is 11.1. The zero-order valence-corrected chi connectivity index (χ0v) is 24.4. The molecule has 0 aliphatic heterocycles. The SMILES string of the molecule is Cc1cc(C(c2cc(C)c(O)c(Cl)c2)C(c2cc(Cl)c(O)c(Cl)c2)c2cc(Cl)c(O)c(Cl)c2)cc(Cl)c1O. The predicted molar refractivity (Wildman–Crippen MR) is 156 cm³/mol. The summed E-state index contributed by atoms with van der Waals surface area (Å²) in [5.74, 6) is -1.89. The van der Waals surface area contributed by atoms with Crippen LogP contribution in [0.1, 0.15) is 45.2 Å². The lowest BCUT2D eigenvalue weighted by Gasteiger charge is -2.31. The van der Waals surface area contributed by atoms with Gasteiger partial charge in [-0.25, -0.2) is 0 Å². The number of benzene rings is 4. The number of halogens is 6. The molecule has 4 aromatic rings. The van der Waals surface area contributed by atoms with Gasteiger partial charge in [0.25, 0.3) is 0 Å². The normalized spacial score (nSPS) is 11.5. The molecular weight excluding hydrogens is 613 g/mol.